The first-order valence-electron chi connectivity index (χ1n) is 6.54. The zero-order valence-corrected chi connectivity index (χ0v) is 11.2. The van der Waals surface area contributed by atoms with Gasteiger partial charge in [-0.05, 0) is 37.5 Å². The van der Waals surface area contributed by atoms with Crippen molar-refractivity contribution in [3.8, 4) is 5.75 Å². The van der Waals surface area contributed by atoms with E-state index in [0.29, 0.717) is 13.0 Å². The minimum atomic E-state index is -0.517. The van der Waals surface area contributed by atoms with Crippen LogP contribution in [0, 0.1) is 0 Å². The van der Waals surface area contributed by atoms with E-state index in [4.69, 9.17) is 5.73 Å². The minimum Gasteiger partial charge on any atom is -0.508 e. The zero-order chi connectivity index (χ0) is 13.8. The Balaban J connectivity index is 1.94. The second-order valence-corrected chi connectivity index (χ2v) is 5.06. The summed E-state index contributed by atoms with van der Waals surface area (Å²) in [4.78, 5) is 14.0. The van der Waals surface area contributed by atoms with E-state index >= 15 is 0 Å². The predicted molar refractivity (Wildman–Crippen MR) is 74.7 cm³/mol. The number of hydrogen-bond donors (Lipinski definition) is 2. The van der Waals surface area contributed by atoms with Crippen LogP contribution in [0.25, 0.3) is 0 Å². The lowest BCUT2D eigenvalue weighted by atomic mass is 10.0. The molecule has 3 N–H and O–H groups in total. The Morgan fingerprint density at radius 2 is 2.11 bits per heavy atom. The summed E-state index contributed by atoms with van der Waals surface area (Å²) < 4.78 is 0. The number of nitrogens with zero attached hydrogens (tertiary/aromatic N) is 1. The van der Waals surface area contributed by atoms with E-state index in [1.807, 2.05) is 0 Å². The predicted octanol–water partition coefficient (Wildman–Crippen LogP) is 1.44. The topological polar surface area (TPSA) is 66.6 Å². The summed E-state index contributed by atoms with van der Waals surface area (Å²) in [5.74, 6) is 0.220. The molecule has 1 aliphatic heterocycles. The van der Waals surface area contributed by atoms with Gasteiger partial charge in [-0.3, -0.25) is 4.79 Å². The van der Waals surface area contributed by atoms with Gasteiger partial charge in [0.2, 0.25) is 5.91 Å². The second-order valence-electron chi connectivity index (χ2n) is 5.06. The Kier molecular flexibility index (Phi) is 4.22. The van der Waals surface area contributed by atoms with Crippen molar-refractivity contribution in [2.24, 2.45) is 5.73 Å². The smallest absolute Gasteiger partial charge is 0.240 e. The molecule has 1 unspecified atom stereocenters. The standard InChI is InChI=1S/C15H20N2O2/c1-11-6-8-17(9-7-11)15(19)14(16)10-12-2-4-13(18)5-3-12/h2-6,14,18H,7-10,16H2,1H3. The molecular weight excluding hydrogens is 240 g/mol. The molecule has 0 bridgehead atoms. The third-order valence-corrected chi connectivity index (χ3v) is 3.46. The van der Waals surface area contributed by atoms with Crippen LogP contribution in [-0.2, 0) is 11.2 Å². The van der Waals surface area contributed by atoms with Gasteiger partial charge in [-0.25, -0.2) is 0 Å². The number of nitrogens with two attached hydrogens (primary N) is 1. The van der Waals surface area contributed by atoms with Gasteiger partial charge < -0.3 is 15.7 Å². The molecule has 0 spiro atoms. The first kappa shape index (κ1) is 13.6. The summed E-state index contributed by atoms with van der Waals surface area (Å²) in [7, 11) is 0. The average molecular weight is 260 g/mol. The fourth-order valence-corrected chi connectivity index (χ4v) is 2.18. The van der Waals surface area contributed by atoms with Crippen molar-refractivity contribution in [3.63, 3.8) is 0 Å². The number of hydrogen-bond acceptors (Lipinski definition) is 3. The van der Waals surface area contributed by atoms with Crippen LogP contribution < -0.4 is 5.73 Å². The largest absolute Gasteiger partial charge is 0.508 e. The van der Waals surface area contributed by atoms with E-state index in [9.17, 15) is 9.90 Å². The molecule has 0 fully saturated rings. The summed E-state index contributed by atoms with van der Waals surface area (Å²) in [6, 6.07) is 6.29. The summed E-state index contributed by atoms with van der Waals surface area (Å²) in [5, 5.41) is 9.22. The zero-order valence-electron chi connectivity index (χ0n) is 11.2. The molecule has 0 radical (unpaired) electrons. The third-order valence-electron chi connectivity index (χ3n) is 3.46. The SMILES string of the molecule is CC1=CCN(C(=O)C(N)Cc2ccc(O)cc2)CC1. The van der Waals surface area contributed by atoms with Crippen molar-refractivity contribution in [2.45, 2.75) is 25.8 Å². The van der Waals surface area contributed by atoms with Gasteiger partial charge >= 0.3 is 0 Å². The van der Waals surface area contributed by atoms with Crippen LogP contribution >= 0.6 is 0 Å². The first-order chi connectivity index (χ1) is 9.06. The number of aromatic hydroxyl groups is 1. The maximum atomic E-state index is 12.2. The highest BCUT2D eigenvalue weighted by molar-refractivity contribution is 5.82. The summed E-state index contributed by atoms with van der Waals surface area (Å²) in [5.41, 5.74) is 8.27. The lowest BCUT2D eigenvalue weighted by Gasteiger charge is -2.28. The van der Waals surface area contributed by atoms with Crippen LogP contribution in [0.5, 0.6) is 5.75 Å². The molecule has 1 heterocycles. The van der Waals surface area contributed by atoms with Gasteiger partial charge in [0.25, 0.3) is 0 Å². The molecule has 4 nitrogen and oxygen atoms in total. The summed E-state index contributed by atoms with van der Waals surface area (Å²) >= 11 is 0. The number of carbonyl (C=O) groups is 1. The van der Waals surface area contributed by atoms with Crippen molar-refractivity contribution in [1.82, 2.24) is 4.90 Å². The summed E-state index contributed by atoms with van der Waals surface area (Å²) in [6.07, 6.45) is 3.50. The molecule has 0 aliphatic carbocycles. The highest BCUT2D eigenvalue weighted by atomic mass is 16.3. The maximum absolute atomic E-state index is 12.2. The number of amides is 1. The van der Waals surface area contributed by atoms with Crippen LogP contribution in [0.3, 0.4) is 0 Å². The maximum Gasteiger partial charge on any atom is 0.240 e. The van der Waals surface area contributed by atoms with Crippen molar-refractivity contribution < 1.29 is 9.90 Å². The fourth-order valence-electron chi connectivity index (χ4n) is 2.18. The Labute approximate surface area is 113 Å². The molecule has 19 heavy (non-hydrogen) atoms. The van der Waals surface area contributed by atoms with Gasteiger partial charge in [0.05, 0.1) is 6.04 Å². The Hall–Kier alpha value is -1.81. The molecule has 1 aromatic carbocycles. The quantitative estimate of drug-likeness (QED) is 0.808. The molecule has 4 heteroatoms. The van der Waals surface area contributed by atoms with Gasteiger partial charge in [0.15, 0.2) is 0 Å². The molecule has 1 aromatic rings. The number of benzene rings is 1. The molecule has 1 aliphatic rings. The third kappa shape index (κ3) is 3.58. The van der Waals surface area contributed by atoms with Gasteiger partial charge in [-0.2, -0.15) is 0 Å². The number of phenolic OH excluding ortho intramolecular Hbond substituents is 1. The van der Waals surface area contributed by atoms with Gasteiger partial charge in [0, 0.05) is 13.1 Å². The minimum absolute atomic E-state index is 0.00294. The lowest BCUT2D eigenvalue weighted by molar-refractivity contribution is -0.132. The molecule has 0 saturated heterocycles. The van der Waals surface area contributed by atoms with E-state index in [2.05, 4.69) is 13.0 Å². The molecule has 1 amide bonds. The molecule has 102 valence electrons. The van der Waals surface area contributed by atoms with E-state index in [1.54, 1.807) is 29.2 Å². The summed E-state index contributed by atoms with van der Waals surface area (Å²) in [6.45, 7) is 3.50. The van der Waals surface area contributed by atoms with Crippen molar-refractivity contribution in [3.05, 3.63) is 41.5 Å². The highest BCUT2D eigenvalue weighted by Gasteiger charge is 2.22. The Morgan fingerprint density at radius 1 is 1.42 bits per heavy atom. The Bertz CT molecular complexity index is 479. The number of rotatable bonds is 3. The van der Waals surface area contributed by atoms with Crippen molar-refractivity contribution in [1.29, 1.82) is 0 Å². The normalized spacial score (nSPS) is 16.9. The molecular formula is C15H20N2O2. The molecule has 0 aromatic heterocycles. The van der Waals surface area contributed by atoms with Crippen LogP contribution in [0.1, 0.15) is 18.9 Å². The second kappa shape index (κ2) is 5.89. The van der Waals surface area contributed by atoms with Gasteiger partial charge in [0.1, 0.15) is 5.75 Å². The fraction of sp³-hybridized carbons (Fsp3) is 0.400. The molecule has 0 saturated carbocycles. The monoisotopic (exact) mass is 260 g/mol. The lowest BCUT2D eigenvalue weighted by Crippen LogP contribution is -2.46. The molecule has 1 atom stereocenters. The van der Waals surface area contributed by atoms with E-state index in [-0.39, 0.29) is 11.7 Å². The van der Waals surface area contributed by atoms with Crippen LogP contribution in [0.4, 0.5) is 0 Å². The molecule has 2 rings (SSSR count). The van der Waals surface area contributed by atoms with E-state index in [0.717, 1.165) is 18.5 Å². The number of phenols is 1. The average Bonchev–Trinajstić information content (AvgIpc) is 2.41. The Morgan fingerprint density at radius 3 is 2.68 bits per heavy atom. The van der Waals surface area contributed by atoms with E-state index < -0.39 is 6.04 Å². The van der Waals surface area contributed by atoms with Gasteiger partial charge in [-0.1, -0.05) is 23.8 Å². The first-order valence-corrected chi connectivity index (χ1v) is 6.54. The highest BCUT2D eigenvalue weighted by Crippen LogP contribution is 2.14. The number of carbonyl (C=O) groups excluding carboxylic acids is 1. The van der Waals surface area contributed by atoms with Crippen LogP contribution in [0.2, 0.25) is 0 Å². The van der Waals surface area contributed by atoms with Crippen LogP contribution in [0.15, 0.2) is 35.9 Å². The van der Waals surface area contributed by atoms with Crippen molar-refractivity contribution in [2.75, 3.05) is 13.1 Å². The van der Waals surface area contributed by atoms with E-state index in [1.165, 1.54) is 5.57 Å². The van der Waals surface area contributed by atoms with Gasteiger partial charge in [-0.15, -0.1) is 0 Å². The van der Waals surface area contributed by atoms with Crippen molar-refractivity contribution >= 4 is 5.91 Å². The van der Waals surface area contributed by atoms with Crippen LogP contribution in [-0.4, -0.2) is 35.0 Å².